The van der Waals surface area contributed by atoms with Crippen LogP contribution in [-0.4, -0.2) is 19.9 Å². The number of hydrogen-bond donors (Lipinski definition) is 1. The third-order valence-corrected chi connectivity index (χ3v) is 2.94. The van der Waals surface area contributed by atoms with E-state index >= 15 is 0 Å². The molecule has 1 N–H and O–H groups in total. The van der Waals surface area contributed by atoms with Crippen molar-refractivity contribution >= 4 is 11.2 Å². The van der Waals surface area contributed by atoms with Crippen LogP contribution in [0.3, 0.4) is 0 Å². The minimum Gasteiger partial charge on any atom is -0.339 e. The molecule has 2 aromatic heterocycles. The number of aromatic nitrogens is 4. The summed E-state index contributed by atoms with van der Waals surface area (Å²) < 4.78 is 0. The van der Waals surface area contributed by atoms with Crippen molar-refractivity contribution in [2.24, 2.45) is 5.92 Å². The van der Waals surface area contributed by atoms with Crippen molar-refractivity contribution in [2.45, 2.75) is 25.7 Å². The lowest BCUT2D eigenvalue weighted by Crippen LogP contribution is -2.19. The molecule has 0 saturated heterocycles. The summed E-state index contributed by atoms with van der Waals surface area (Å²) in [7, 11) is 0. The van der Waals surface area contributed by atoms with Crippen LogP contribution >= 0.6 is 0 Å². The Morgan fingerprint density at radius 3 is 3.00 bits per heavy atom. The summed E-state index contributed by atoms with van der Waals surface area (Å²) in [5, 5.41) is 0. The molecule has 2 heterocycles. The molecule has 0 unspecified atom stereocenters. The number of rotatable bonds is 1. The van der Waals surface area contributed by atoms with Crippen molar-refractivity contribution in [3.63, 3.8) is 0 Å². The summed E-state index contributed by atoms with van der Waals surface area (Å²) in [5.74, 6) is 2.54. The summed E-state index contributed by atoms with van der Waals surface area (Å²) >= 11 is 0. The number of nitrogens with one attached hydrogen (secondary N) is 1. The quantitative estimate of drug-likeness (QED) is 0.743. The molecule has 1 saturated carbocycles. The Labute approximate surface area is 81.8 Å². The molecule has 3 rings (SSSR count). The van der Waals surface area contributed by atoms with Gasteiger partial charge in [0.15, 0.2) is 5.65 Å². The highest BCUT2D eigenvalue weighted by molar-refractivity contribution is 5.68. The molecule has 0 aromatic carbocycles. The number of nitrogens with zero attached hydrogens (tertiary/aromatic N) is 3. The Kier molecular flexibility index (Phi) is 1.56. The summed E-state index contributed by atoms with van der Waals surface area (Å²) in [4.78, 5) is 15.8. The van der Waals surface area contributed by atoms with Gasteiger partial charge in [-0.1, -0.05) is 6.92 Å². The van der Waals surface area contributed by atoms with Crippen molar-refractivity contribution in [2.75, 3.05) is 0 Å². The molecule has 1 aliphatic carbocycles. The standard InChI is InChI=1S/C10H12N4/c1-6-2-7(3-6)9-13-8-4-11-5-12-10(8)14-9/h4-7H,2-3H2,1H3,(H,11,12,13,14). The van der Waals surface area contributed by atoms with E-state index in [1.807, 2.05) is 0 Å². The van der Waals surface area contributed by atoms with E-state index in [1.165, 1.54) is 19.2 Å². The lowest BCUT2D eigenvalue weighted by atomic mass is 9.76. The third kappa shape index (κ3) is 1.10. The topological polar surface area (TPSA) is 54.5 Å². The van der Waals surface area contributed by atoms with Gasteiger partial charge in [-0.25, -0.2) is 15.0 Å². The average molecular weight is 188 g/mol. The molecule has 0 aliphatic heterocycles. The predicted octanol–water partition coefficient (Wildman–Crippen LogP) is 1.87. The number of imidazole rings is 1. The molecule has 72 valence electrons. The zero-order chi connectivity index (χ0) is 9.54. The van der Waals surface area contributed by atoms with Gasteiger partial charge in [-0.2, -0.15) is 0 Å². The molecule has 4 heteroatoms. The number of aromatic amines is 1. The molecule has 0 atom stereocenters. The maximum Gasteiger partial charge on any atom is 0.180 e. The second-order valence-electron chi connectivity index (χ2n) is 4.16. The minimum atomic E-state index is 0.610. The van der Waals surface area contributed by atoms with Gasteiger partial charge in [0, 0.05) is 5.92 Å². The monoisotopic (exact) mass is 188 g/mol. The molecule has 14 heavy (non-hydrogen) atoms. The van der Waals surface area contributed by atoms with Gasteiger partial charge in [-0.3, -0.25) is 0 Å². The van der Waals surface area contributed by atoms with E-state index in [4.69, 9.17) is 0 Å². The number of hydrogen-bond acceptors (Lipinski definition) is 3. The van der Waals surface area contributed by atoms with Gasteiger partial charge in [0.05, 0.1) is 6.20 Å². The van der Waals surface area contributed by atoms with Crippen molar-refractivity contribution < 1.29 is 0 Å². The van der Waals surface area contributed by atoms with E-state index in [2.05, 4.69) is 26.9 Å². The summed E-state index contributed by atoms with van der Waals surface area (Å²) in [6.45, 7) is 2.28. The SMILES string of the molecule is CC1CC(c2nc3ncncc3[nH]2)C1. The molecular weight excluding hydrogens is 176 g/mol. The highest BCUT2D eigenvalue weighted by Gasteiger charge is 2.29. The lowest BCUT2D eigenvalue weighted by molar-refractivity contribution is 0.279. The smallest absolute Gasteiger partial charge is 0.180 e. The van der Waals surface area contributed by atoms with E-state index in [1.54, 1.807) is 6.20 Å². The van der Waals surface area contributed by atoms with E-state index in [-0.39, 0.29) is 0 Å². The summed E-state index contributed by atoms with van der Waals surface area (Å²) in [6.07, 6.45) is 5.80. The maximum atomic E-state index is 4.46. The summed E-state index contributed by atoms with van der Waals surface area (Å²) in [5.41, 5.74) is 1.73. The Balaban J connectivity index is 1.99. The fourth-order valence-electron chi connectivity index (χ4n) is 2.10. The van der Waals surface area contributed by atoms with Crippen LogP contribution in [0.4, 0.5) is 0 Å². The van der Waals surface area contributed by atoms with Gasteiger partial charge in [-0.15, -0.1) is 0 Å². The normalized spacial score (nSPS) is 26.4. The van der Waals surface area contributed by atoms with Crippen LogP contribution in [0.25, 0.3) is 11.2 Å². The van der Waals surface area contributed by atoms with Gasteiger partial charge in [0.25, 0.3) is 0 Å². The Morgan fingerprint density at radius 1 is 1.43 bits per heavy atom. The van der Waals surface area contributed by atoms with Crippen molar-refractivity contribution in [1.82, 2.24) is 19.9 Å². The largest absolute Gasteiger partial charge is 0.339 e. The Bertz CT molecular complexity index is 423. The van der Waals surface area contributed by atoms with Crippen LogP contribution in [0, 0.1) is 5.92 Å². The summed E-state index contributed by atoms with van der Waals surface area (Å²) in [6, 6.07) is 0. The van der Waals surface area contributed by atoms with Gasteiger partial charge < -0.3 is 4.98 Å². The van der Waals surface area contributed by atoms with Gasteiger partial charge in [-0.05, 0) is 18.8 Å². The average Bonchev–Trinajstić information content (AvgIpc) is 2.55. The third-order valence-electron chi connectivity index (χ3n) is 2.94. The molecule has 0 radical (unpaired) electrons. The number of fused-ring (bicyclic) bond motifs is 1. The first-order valence-corrected chi connectivity index (χ1v) is 4.98. The highest BCUT2D eigenvalue weighted by atomic mass is 15.0. The zero-order valence-corrected chi connectivity index (χ0v) is 8.07. The van der Waals surface area contributed by atoms with Crippen LogP contribution in [0.15, 0.2) is 12.5 Å². The molecule has 0 bridgehead atoms. The van der Waals surface area contributed by atoms with E-state index in [0.29, 0.717) is 5.92 Å². The molecular formula is C10H12N4. The van der Waals surface area contributed by atoms with Crippen molar-refractivity contribution in [3.05, 3.63) is 18.3 Å². The van der Waals surface area contributed by atoms with Crippen LogP contribution in [0.1, 0.15) is 31.5 Å². The second kappa shape index (κ2) is 2.77. The van der Waals surface area contributed by atoms with Crippen LogP contribution in [0.5, 0.6) is 0 Å². The fraction of sp³-hybridized carbons (Fsp3) is 0.500. The van der Waals surface area contributed by atoms with Gasteiger partial charge in [0.1, 0.15) is 17.7 Å². The zero-order valence-electron chi connectivity index (χ0n) is 8.07. The highest BCUT2D eigenvalue weighted by Crippen LogP contribution is 2.40. The molecule has 2 aromatic rings. The van der Waals surface area contributed by atoms with Crippen molar-refractivity contribution in [1.29, 1.82) is 0 Å². The van der Waals surface area contributed by atoms with Crippen LogP contribution in [0.2, 0.25) is 0 Å². The van der Waals surface area contributed by atoms with Gasteiger partial charge >= 0.3 is 0 Å². The second-order valence-corrected chi connectivity index (χ2v) is 4.16. The number of H-pyrrole nitrogens is 1. The predicted molar refractivity (Wildman–Crippen MR) is 52.8 cm³/mol. The van der Waals surface area contributed by atoms with E-state index in [0.717, 1.165) is 22.9 Å². The molecule has 0 spiro atoms. The maximum absolute atomic E-state index is 4.46. The molecule has 1 fully saturated rings. The first-order chi connectivity index (χ1) is 6.83. The Hall–Kier alpha value is -1.45. The van der Waals surface area contributed by atoms with E-state index < -0.39 is 0 Å². The Morgan fingerprint density at radius 2 is 2.29 bits per heavy atom. The van der Waals surface area contributed by atoms with Crippen LogP contribution in [-0.2, 0) is 0 Å². The minimum absolute atomic E-state index is 0.610. The van der Waals surface area contributed by atoms with Gasteiger partial charge in [0.2, 0.25) is 0 Å². The first kappa shape index (κ1) is 7.91. The molecule has 1 aliphatic rings. The molecule has 4 nitrogen and oxygen atoms in total. The van der Waals surface area contributed by atoms with Crippen LogP contribution < -0.4 is 0 Å². The fourth-order valence-corrected chi connectivity index (χ4v) is 2.10. The first-order valence-electron chi connectivity index (χ1n) is 4.98. The van der Waals surface area contributed by atoms with Crippen molar-refractivity contribution in [3.8, 4) is 0 Å². The lowest BCUT2D eigenvalue weighted by Gasteiger charge is -2.30. The van der Waals surface area contributed by atoms with E-state index in [9.17, 15) is 0 Å². The molecule has 0 amide bonds.